The van der Waals surface area contributed by atoms with Gasteiger partial charge in [-0.05, 0) is 49.7 Å². The number of nitrogens with one attached hydrogen (secondary N) is 1. The molecule has 1 N–H and O–H groups in total. The minimum atomic E-state index is 0.393. The molecule has 1 aromatic carbocycles. The minimum Gasteiger partial charge on any atom is -0.457 e. The first-order valence-corrected chi connectivity index (χ1v) is 9.70. The average molecular weight is 417 g/mol. The molecule has 0 saturated heterocycles. The van der Waals surface area contributed by atoms with Crippen molar-refractivity contribution in [1.82, 2.24) is 24.3 Å². The highest BCUT2D eigenvalue weighted by Crippen LogP contribution is 2.30. The van der Waals surface area contributed by atoms with E-state index in [0.717, 1.165) is 45.0 Å². The number of fused-ring (bicyclic) bond motifs is 2. The van der Waals surface area contributed by atoms with Gasteiger partial charge in [0.2, 0.25) is 0 Å². The second kappa shape index (κ2) is 7.27. The summed E-state index contributed by atoms with van der Waals surface area (Å²) < 4.78 is 8.10. The molecule has 0 atom stereocenters. The van der Waals surface area contributed by atoms with Gasteiger partial charge in [0.15, 0.2) is 0 Å². The van der Waals surface area contributed by atoms with Gasteiger partial charge in [-0.3, -0.25) is 0 Å². The largest absolute Gasteiger partial charge is 0.457 e. The minimum absolute atomic E-state index is 0.393. The number of hydrogen-bond acceptors (Lipinski definition) is 6. The van der Waals surface area contributed by atoms with Crippen LogP contribution in [-0.2, 0) is 0 Å². The van der Waals surface area contributed by atoms with E-state index in [9.17, 15) is 0 Å². The zero-order valence-corrected chi connectivity index (χ0v) is 17.1. The maximum Gasteiger partial charge on any atom is 0.141 e. The van der Waals surface area contributed by atoms with E-state index in [2.05, 4.69) is 25.3 Å². The molecule has 0 radical (unpaired) electrons. The van der Waals surface area contributed by atoms with Crippen LogP contribution < -0.4 is 10.1 Å². The van der Waals surface area contributed by atoms with Crippen molar-refractivity contribution < 1.29 is 4.74 Å². The van der Waals surface area contributed by atoms with Crippen LogP contribution >= 0.6 is 11.6 Å². The molecule has 8 heteroatoms. The van der Waals surface area contributed by atoms with Gasteiger partial charge in [0.25, 0.3) is 0 Å². The lowest BCUT2D eigenvalue weighted by Gasteiger charge is -2.12. The summed E-state index contributed by atoms with van der Waals surface area (Å²) in [7, 11) is 0. The molecule has 5 aromatic rings. The Morgan fingerprint density at radius 3 is 2.73 bits per heavy atom. The van der Waals surface area contributed by atoms with Crippen LogP contribution in [0.15, 0.2) is 61.3 Å². The first-order valence-electron chi connectivity index (χ1n) is 9.32. The normalized spacial score (nSPS) is 11.2. The van der Waals surface area contributed by atoms with Gasteiger partial charge < -0.3 is 14.5 Å². The van der Waals surface area contributed by atoms with Crippen molar-refractivity contribution in [2.75, 3.05) is 5.32 Å². The third-order valence-corrected chi connectivity index (χ3v) is 5.03. The number of pyridine rings is 2. The van der Waals surface area contributed by atoms with Crippen LogP contribution in [0, 0.1) is 13.8 Å². The van der Waals surface area contributed by atoms with Crippen molar-refractivity contribution in [2.24, 2.45) is 0 Å². The topological polar surface area (TPSA) is 77.2 Å². The maximum absolute atomic E-state index is 6.09. The Bertz CT molecular complexity index is 1400. The van der Waals surface area contributed by atoms with E-state index in [1.54, 1.807) is 12.3 Å². The summed E-state index contributed by atoms with van der Waals surface area (Å²) in [6, 6.07) is 11.5. The predicted molar refractivity (Wildman–Crippen MR) is 117 cm³/mol. The zero-order valence-electron chi connectivity index (χ0n) is 16.3. The quantitative estimate of drug-likeness (QED) is 0.391. The van der Waals surface area contributed by atoms with Crippen LogP contribution in [0.3, 0.4) is 0 Å². The Balaban J connectivity index is 1.41. The first kappa shape index (κ1) is 18.3. The van der Waals surface area contributed by atoms with E-state index in [0.29, 0.717) is 11.0 Å². The van der Waals surface area contributed by atoms with Gasteiger partial charge in [0.1, 0.15) is 34.4 Å². The van der Waals surface area contributed by atoms with E-state index in [1.807, 2.05) is 61.0 Å². The third kappa shape index (κ3) is 3.40. The van der Waals surface area contributed by atoms with Crippen LogP contribution in [0.5, 0.6) is 11.5 Å². The molecule has 0 spiro atoms. The van der Waals surface area contributed by atoms with Gasteiger partial charge >= 0.3 is 0 Å². The summed E-state index contributed by atoms with van der Waals surface area (Å²) in [6.45, 7) is 4.01. The second-order valence-corrected chi connectivity index (χ2v) is 7.33. The van der Waals surface area contributed by atoms with Crippen molar-refractivity contribution in [1.29, 1.82) is 0 Å². The number of halogens is 1. The number of aryl methyl sites for hydroxylation is 2. The van der Waals surface area contributed by atoms with E-state index in [-0.39, 0.29) is 0 Å². The van der Waals surface area contributed by atoms with Crippen LogP contribution in [0.1, 0.15) is 11.3 Å². The molecule has 7 nitrogen and oxygen atoms in total. The highest BCUT2D eigenvalue weighted by Gasteiger charge is 2.09. The fourth-order valence-electron chi connectivity index (χ4n) is 3.29. The lowest BCUT2D eigenvalue weighted by molar-refractivity contribution is 0.478. The molecule has 4 heterocycles. The summed E-state index contributed by atoms with van der Waals surface area (Å²) in [5.74, 6) is 2.17. The number of ether oxygens (including phenoxy) is 1. The highest BCUT2D eigenvalue weighted by atomic mass is 35.5. The summed E-state index contributed by atoms with van der Waals surface area (Å²) in [5.41, 5.74) is 4.52. The molecule has 4 aromatic heterocycles. The average Bonchev–Trinajstić information content (AvgIpc) is 3.11. The van der Waals surface area contributed by atoms with Crippen molar-refractivity contribution in [2.45, 2.75) is 13.8 Å². The van der Waals surface area contributed by atoms with Crippen molar-refractivity contribution in [3.8, 4) is 11.5 Å². The first-order chi connectivity index (χ1) is 14.6. The molecule has 0 fully saturated rings. The van der Waals surface area contributed by atoms with E-state index in [4.69, 9.17) is 16.3 Å². The van der Waals surface area contributed by atoms with Crippen LogP contribution in [0.4, 0.5) is 11.5 Å². The summed E-state index contributed by atoms with van der Waals surface area (Å²) >= 11 is 6.04. The fraction of sp³-hybridized carbons (Fsp3) is 0.0909. The van der Waals surface area contributed by atoms with E-state index in [1.165, 1.54) is 6.33 Å². The standard InChI is InChI=1S/C22H17ClN6O/c1-13-7-15(28-22-17-9-20(23)24-11-18(17)26-12-27-22)3-4-19(13)30-16-5-6-29-14(2)10-25-21(29)8-16/h3-12H,1-2H3,(H,26,27,28). The number of hydrogen-bond donors (Lipinski definition) is 1. The second-order valence-electron chi connectivity index (χ2n) is 6.94. The molecule has 0 amide bonds. The van der Waals surface area contributed by atoms with Crippen molar-refractivity contribution >= 4 is 39.7 Å². The Morgan fingerprint density at radius 1 is 0.967 bits per heavy atom. The molecule has 0 aliphatic carbocycles. The molecule has 0 unspecified atom stereocenters. The molecule has 148 valence electrons. The van der Waals surface area contributed by atoms with Gasteiger partial charge in [0.05, 0.1) is 11.7 Å². The molecular weight excluding hydrogens is 400 g/mol. The maximum atomic E-state index is 6.09. The molecular formula is C22H17ClN6O. The van der Waals surface area contributed by atoms with Crippen molar-refractivity contribution in [3.63, 3.8) is 0 Å². The molecule has 0 bridgehead atoms. The smallest absolute Gasteiger partial charge is 0.141 e. The Kier molecular flexibility index (Phi) is 4.44. The lowest BCUT2D eigenvalue weighted by Crippen LogP contribution is -1.97. The van der Waals surface area contributed by atoms with Gasteiger partial charge in [0, 0.05) is 35.2 Å². The van der Waals surface area contributed by atoms with E-state index < -0.39 is 0 Å². The van der Waals surface area contributed by atoms with Crippen LogP contribution in [0.25, 0.3) is 16.6 Å². The molecule has 0 aliphatic rings. The van der Waals surface area contributed by atoms with Crippen molar-refractivity contribution in [3.05, 3.63) is 77.7 Å². The van der Waals surface area contributed by atoms with E-state index >= 15 is 0 Å². The highest BCUT2D eigenvalue weighted by molar-refractivity contribution is 6.30. The van der Waals surface area contributed by atoms with Crippen LogP contribution in [0.2, 0.25) is 5.15 Å². The molecule has 5 rings (SSSR count). The number of rotatable bonds is 4. The monoisotopic (exact) mass is 416 g/mol. The number of anilines is 2. The molecule has 0 aliphatic heterocycles. The predicted octanol–water partition coefficient (Wildman–Crippen LogP) is 5.48. The van der Waals surface area contributed by atoms with Gasteiger partial charge in [-0.25, -0.2) is 19.9 Å². The fourth-order valence-corrected chi connectivity index (χ4v) is 3.45. The van der Waals surface area contributed by atoms with Gasteiger partial charge in [-0.2, -0.15) is 0 Å². The summed E-state index contributed by atoms with van der Waals surface area (Å²) in [6.07, 6.45) is 6.92. The number of benzene rings is 1. The number of imidazole rings is 1. The van der Waals surface area contributed by atoms with Gasteiger partial charge in [-0.1, -0.05) is 11.6 Å². The lowest BCUT2D eigenvalue weighted by atomic mass is 10.2. The number of aromatic nitrogens is 5. The summed E-state index contributed by atoms with van der Waals surface area (Å²) in [4.78, 5) is 17.0. The zero-order chi connectivity index (χ0) is 20.7. The molecule has 0 saturated carbocycles. The third-order valence-electron chi connectivity index (χ3n) is 4.82. The Morgan fingerprint density at radius 2 is 1.87 bits per heavy atom. The number of nitrogens with zero attached hydrogens (tertiary/aromatic N) is 5. The Hall–Kier alpha value is -3.71. The van der Waals surface area contributed by atoms with Gasteiger partial charge in [-0.15, -0.1) is 0 Å². The Labute approximate surface area is 177 Å². The van der Waals surface area contributed by atoms with Crippen LogP contribution in [-0.4, -0.2) is 24.3 Å². The summed E-state index contributed by atoms with van der Waals surface area (Å²) in [5, 5.41) is 4.52. The SMILES string of the molecule is Cc1cc(Nc2ncnc3cnc(Cl)cc23)ccc1Oc1ccn2c(C)cnc2c1. The molecule has 30 heavy (non-hydrogen) atoms.